The number of thiophene rings is 1. The monoisotopic (exact) mass is 348 g/mol. The molecule has 122 valence electrons. The molecule has 0 radical (unpaired) electrons. The van der Waals surface area contributed by atoms with E-state index in [0.29, 0.717) is 10.7 Å². The molecule has 0 aliphatic carbocycles. The number of aromatic nitrogens is 3. The minimum Gasteiger partial charge on any atom is -0.339 e. The molecule has 1 fully saturated rings. The van der Waals surface area contributed by atoms with Crippen LogP contribution in [0.25, 0.3) is 6.08 Å². The van der Waals surface area contributed by atoms with E-state index in [9.17, 15) is 4.79 Å². The molecule has 1 aliphatic rings. The van der Waals surface area contributed by atoms with E-state index < -0.39 is 0 Å². The first-order valence-corrected chi connectivity index (χ1v) is 9.18. The molecule has 0 spiro atoms. The highest BCUT2D eigenvalue weighted by atomic mass is 32.1. The van der Waals surface area contributed by atoms with Crippen LogP contribution in [0, 0.1) is 4.77 Å². The first-order chi connectivity index (χ1) is 11.2. The van der Waals surface area contributed by atoms with Crippen LogP contribution >= 0.6 is 23.6 Å². The molecule has 3 heterocycles. The summed E-state index contributed by atoms with van der Waals surface area (Å²) < 4.78 is 2.73. The number of likely N-dealkylation sites (tertiary alicyclic amines) is 1. The van der Waals surface area contributed by atoms with Crippen LogP contribution in [0.4, 0.5) is 0 Å². The molecule has 2 aromatic heterocycles. The van der Waals surface area contributed by atoms with Gasteiger partial charge in [-0.05, 0) is 60.4 Å². The SMILES string of the molecule is CCn1c(C2CCN(C(=O)/C=C\c3ccsc3)CC2)n[nH]c1=S. The van der Waals surface area contributed by atoms with Crippen LogP contribution in [-0.2, 0) is 11.3 Å². The minimum atomic E-state index is 0.0870. The lowest BCUT2D eigenvalue weighted by Crippen LogP contribution is -2.37. The average Bonchev–Trinajstić information content (AvgIpc) is 3.22. The molecule has 5 nitrogen and oxygen atoms in total. The molecule has 7 heteroatoms. The molecular weight excluding hydrogens is 328 g/mol. The Balaban J connectivity index is 1.60. The fourth-order valence-electron chi connectivity index (χ4n) is 2.95. The summed E-state index contributed by atoms with van der Waals surface area (Å²) >= 11 is 6.88. The molecule has 1 aliphatic heterocycles. The van der Waals surface area contributed by atoms with Crippen molar-refractivity contribution in [2.75, 3.05) is 13.1 Å². The number of H-pyrrole nitrogens is 1. The van der Waals surface area contributed by atoms with Gasteiger partial charge in [-0.2, -0.15) is 16.4 Å². The number of aromatic amines is 1. The number of rotatable bonds is 4. The fraction of sp³-hybridized carbons (Fsp3) is 0.438. The van der Waals surface area contributed by atoms with E-state index in [1.165, 1.54) is 0 Å². The molecule has 1 saturated heterocycles. The van der Waals surface area contributed by atoms with E-state index in [1.807, 2.05) is 32.4 Å². The van der Waals surface area contributed by atoms with Gasteiger partial charge in [0.2, 0.25) is 5.91 Å². The van der Waals surface area contributed by atoms with Crippen molar-refractivity contribution in [2.24, 2.45) is 0 Å². The molecule has 1 amide bonds. The van der Waals surface area contributed by atoms with E-state index in [4.69, 9.17) is 12.2 Å². The van der Waals surface area contributed by atoms with Crippen molar-refractivity contribution in [3.05, 3.63) is 39.1 Å². The highest BCUT2D eigenvalue weighted by Gasteiger charge is 2.26. The van der Waals surface area contributed by atoms with Gasteiger partial charge in [-0.25, -0.2) is 0 Å². The van der Waals surface area contributed by atoms with E-state index in [0.717, 1.165) is 43.9 Å². The number of hydrogen-bond acceptors (Lipinski definition) is 4. The fourth-order valence-corrected chi connectivity index (χ4v) is 3.84. The van der Waals surface area contributed by atoms with Gasteiger partial charge >= 0.3 is 0 Å². The maximum atomic E-state index is 12.3. The minimum absolute atomic E-state index is 0.0870. The Kier molecular flexibility index (Phi) is 5.07. The standard InChI is InChI=1S/C16H20N4OS2/c1-2-20-15(17-18-16(20)22)13-5-8-19(9-6-13)14(21)4-3-12-7-10-23-11-12/h3-4,7,10-11,13H,2,5-6,8-9H2,1H3,(H,18,22)/b4-3-. The molecule has 0 atom stereocenters. The Bertz CT molecular complexity index is 736. The molecule has 1 N–H and O–H groups in total. The van der Waals surface area contributed by atoms with E-state index in [2.05, 4.69) is 17.1 Å². The summed E-state index contributed by atoms with van der Waals surface area (Å²) in [5.74, 6) is 1.48. The number of hydrogen-bond donors (Lipinski definition) is 1. The van der Waals surface area contributed by atoms with Gasteiger partial charge in [0, 0.05) is 31.6 Å². The number of carbonyl (C=O) groups excluding carboxylic acids is 1. The van der Waals surface area contributed by atoms with Gasteiger partial charge in [0.05, 0.1) is 0 Å². The van der Waals surface area contributed by atoms with Gasteiger partial charge in [-0.3, -0.25) is 9.89 Å². The lowest BCUT2D eigenvalue weighted by atomic mass is 9.96. The number of piperidine rings is 1. The topological polar surface area (TPSA) is 53.9 Å². The van der Waals surface area contributed by atoms with Crippen molar-refractivity contribution in [1.82, 2.24) is 19.7 Å². The first kappa shape index (κ1) is 16.1. The average molecular weight is 348 g/mol. The Morgan fingerprint density at radius 3 is 2.96 bits per heavy atom. The van der Waals surface area contributed by atoms with Crippen LogP contribution in [0.15, 0.2) is 22.9 Å². The van der Waals surface area contributed by atoms with Crippen molar-refractivity contribution in [3.63, 3.8) is 0 Å². The van der Waals surface area contributed by atoms with Crippen molar-refractivity contribution in [3.8, 4) is 0 Å². The number of nitrogens with one attached hydrogen (secondary N) is 1. The molecule has 0 bridgehead atoms. The third-order valence-electron chi connectivity index (χ3n) is 4.24. The van der Waals surface area contributed by atoms with Crippen molar-refractivity contribution >= 4 is 35.5 Å². The third kappa shape index (κ3) is 3.61. The molecule has 0 saturated carbocycles. The summed E-state index contributed by atoms with van der Waals surface area (Å²) in [6.07, 6.45) is 5.41. The second-order valence-electron chi connectivity index (χ2n) is 5.62. The first-order valence-electron chi connectivity index (χ1n) is 7.83. The summed E-state index contributed by atoms with van der Waals surface area (Å²) in [5, 5.41) is 11.3. The zero-order valence-electron chi connectivity index (χ0n) is 13.1. The van der Waals surface area contributed by atoms with Crippen LogP contribution < -0.4 is 0 Å². The molecule has 0 unspecified atom stereocenters. The molecule has 23 heavy (non-hydrogen) atoms. The third-order valence-corrected chi connectivity index (χ3v) is 5.25. The second-order valence-corrected chi connectivity index (χ2v) is 6.79. The lowest BCUT2D eigenvalue weighted by Gasteiger charge is -2.30. The highest BCUT2D eigenvalue weighted by molar-refractivity contribution is 7.71. The zero-order valence-corrected chi connectivity index (χ0v) is 14.7. The maximum absolute atomic E-state index is 12.3. The van der Waals surface area contributed by atoms with Crippen LogP contribution in [0.1, 0.15) is 37.1 Å². The number of amides is 1. The van der Waals surface area contributed by atoms with Gasteiger partial charge in [-0.15, -0.1) is 0 Å². The molecule has 3 rings (SSSR count). The quantitative estimate of drug-likeness (QED) is 0.680. The highest BCUT2D eigenvalue weighted by Crippen LogP contribution is 2.27. The Hall–Kier alpha value is -1.73. The molecule has 2 aromatic rings. The largest absolute Gasteiger partial charge is 0.339 e. The molecule has 0 aromatic carbocycles. The summed E-state index contributed by atoms with van der Waals surface area (Å²) in [7, 11) is 0. The van der Waals surface area contributed by atoms with Crippen molar-refractivity contribution in [1.29, 1.82) is 0 Å². The van der Waals surface area contributed by atoms with Crippen LogP contribution in [-0.4, -0.2) is 38.7 Å². The number of carbonyl (C=O) groups is 1. The van der Waals surface area contributed by atoms with Crippen LogP contribution in [0.2, 0.25) is 0 Å². The summed E-state index contributed by atoms with van der Waals surface area (Å²) in [4.78, 5) is 14.2. The van der Waals surface area contributed by atoms with Gasteiger partial charge in [0.15, 0.2) is 4.77 Å². The Labute approximate surface area is 144 Å². The van der Waals surface area contributed by atoms with Crippen molar-refractivity contribution < 1.29 is 4.79 Å². The lowest BCUT2D eigenvalue weighted by molar-refractivity contribution is -0.127. The predicted octanol–water partition coefficient (Wildman–Crippen LogP) is 3.44. The van der Waals surface area contributed by atoms with Gasteiger partial charge in [0.1, 0.15) is 5.82 Å². The van der Waals surface area contributed by atoms with Crippen LogP contribution in [0.5, 0.6) is 0 Å². The maximum Gasteiger partial charge on any atom is 0.246 e. The van der Waals surface area contributed by atoms with E-state index in [1.54, 1.807) is 17.4 Å². The molecular formula is C16H20N4OS2. The van der Waals surface area contributed by atoms with Gasteiger partial charge < -0.3 is 9.47 Å². The van der Waals surface area contributed by atoms with E-state index >= 15 is 0 Å². The van der Waals surface area contributed by atoms with Crippen LogP contribution in [0.3, 0.4) is 0 Å². The predicted molar refractivity (Wildman–Crippen MR) is 95.0 cm³/mol. The second kappa shape index (κ2) is 7.23. The normalized spacial score (nSPS) is 16.3. The van der Waals surface area contributed by atoms with Gasteiger partial charge in [0.25, 0.3) is 0 Å². The summed E-state index contributed by atoms with van der Waals surface area (Å²) in [6, 6.07) is 2.01. The van der Waals surface area contributed by atoms with Crippen molar-refractivity contribution in [2.45, 2.75) is 32.2 Å². The Morgan fingerprint density at radius 2 is 2.30 bits per heavy atom. The van der Waals surface area contributed by atoms with Gasteiger partial charge in [-0.1, -0.05) is 0 Å². The smallest absolute Gasteiger partial charge is 0.246 e. The number of nitrogens with zero attached hydrogens (tertiary/aromatic N) is 3. The summed E-state index contributed by atoms with van der Waals surface area (Å²) in [6.45, 7) is 4.43. The zero-order chi connectivity index (χ0) is 16.2. The Morgan fingerprint density at radius 1 is 1.52 bits per heavy atom. The van der Waals surface area contributed by atoms with E-state index in [-0.39, 0.29) is 5.91 Å². The summed E-state index contributed by atoms with van der Waals surface area (Å²) in [5.41, 5.74) is 1.08.